The number of ether oxygens (including phenoxy) is 2. The molecule has 7 atom stereocenters. The molecular formula is C20H26N4O10. The van der Waals surface area contributed by atoms with Gasteiger partial charge in [-0.25, -0.2) is 9.59 Å². The SMILES string of the molecule is Cc1cn([C@H]2CC(O)[C@@H](CO)O2)c(=O)[nH]c1=O.Cc1cn([C@H]2CC3(O)C(O)[C@H]3O2)c(=O)[nH]c1=O. The molecule has 0 bridgehead atoms. The Labute approximate surface area is 190 Å². The first kappa shape index (κ1) is 24.3. The minimum absolute atomic E-state index is 0.143. The molecule has 1 saturated carbocycles. The van der Waals surface area contributed by atoms with E-state index in [1.807, 2.05) is 0 Å². The van der Waals surface area contributed by atoms with Crippen molar-refractivity contribution in [1.29, 1.82) is 0 Å². The van der Waals surface area contributed by atoms with E-state index < -0.39 is 65.0 Å². The third-order valence-electron chi connectivity index (χ3n) is 6.28. The second kappa shape index (κ2) is 8.72. The summed E-state index contributed by atoms with van der Waals surface area (Å²) in [4.78, 5) is 49.8. The number of H-pyrrole nitrogens is 2. The summed E-state index contributed by atoms with van der Waals surface area (Å²) >= 11 is 0. The smallest absolute Gasteiger partial charge is 0.330 e. The van der Waals surface area contributed by atoms with Gasteiger partial charge in [0.1, 0.15) is 36.4 Å². The molecule has 6 N–H and O–H groups in total. The molecule has 4 heterocycles. The van der Waals surface area contributed by atoms with Crippen LogP contribution in [-0.2, 0) is 9.47 Å². The highest BCUT2D eigenvalue weighted by molar-refractivity contribution is 5.20. The van der Waals surface area contributed by atoms with E-state index in [2.05, 4.69) is 9.97 Å². The zero-order valence-electron chi connectivity index (χ0n) is 18.4. The lowest BCUT2D eigenvalue weighted by Gasteiger charge is -2.17. The molecule has 3 unspecified atom stereocenters. The molecule has 14 heteroatoms. The predicted molar refractivity (Wildman–Crippen MR) is 113 cm³/mol. The fourth-order valence-electron chi connectivity index (χ4n) is 4.11. The minimum Gasteiger partial charge on any atom is -0.394 e. The van der Waals surface area contributed by atoms with Crippen molar-refractivity contribution in [2.75, 3.05) is 6.61 Å². The van der Waals surface area contributed by atoms with Crippen molar-refractivity contribution < 1.29 is 29.9 Å². The van der Waals surface area contributed by atoms with E-state index in [0.717, 1.165) is 0 Å². The monoisotopic (exact) mass is 482 g/mol. The number of hydrogen-bond donors (Lipinski definition) is 6. The maximum atomic E-state index is 11.6. The molecule has 2 aliphatic heterocycles. The summed E-state index contributed by atoms with van der Waals surface area (Å²) in [6.45, 7) is 2.84. The molecule has 0 spiro atoms. The third kappa shape index (κ3) is 4.19. The Hall–Kier alpha value is -2.88. The molecule has 34 heavy (non-hydrogen) atoms. The van der Waals surface area contributed by atoms with E-state index in [-0.39, 0.29) is 19.4 Å². The summed E-state index contributed by atoms with van der Waals surface area (Å²) in [5.74, 6) is 0. The van der Waals surface area contributed by atoms with Crippen LogP contribution in [0.15, 0.2) is 31.6 Å². The molecule has 0 amide bonds. The molecular weight excluding hydrogens is 456 g/mol. The average Bonchev–Trinajstić information content (AvgIpc) is 3.10. The zero-order valence-corrected chi connectivity index (χ0v) is 18.4. The molecule has 2 saturated heterocycles. The molecule has 2 aromatic rings. The summed E-state index contributed by atoms with van der Waals surface area (Å²) in [6, 6.07) is 0. The van der Waals surface area contributed by atoms with Crippen molar-refractivity contribution in [2.24, 2.45) is 0 Å². The molecule has 186 valence electrons. The van der Waals surface area contributed by atoms with Crippen LogP contribution in [-0.4, -0.2) is 76.2 Å². The molecule has 3 aliphatic rings. The second-order valence-electron chi connectivity index (χ2n) is 8.72. The fourth-order valence-corrected chi connectivity index (χ4v) is 4.11. The van der Waals surface area contributed by atoms with Crippen LogP contribution in [0.5, 0.6) is 0 Å². The van der Waals surface area contributed by atoms with Crippen LogP contribution >= 0.6 is 0 Å². The molecule has 1 aliphatic carbocycles. The van der Waals surface area contributed by atoms with Crippen molar-refractivity contribution in [3.8, 4) is 0 Å². The summed E-state index contributed by atoms with van der Waals surface area (Å²) in [6.07, 6.45) is -1.19. The van der Waals surface area contributed by atoms with Crippen LogP contribution < -0.4 is 22.5 Å². The lowest BCUT2D eigenvalue weighted by Crippen LogP contribution is -2.34. The van der Waals surface area contributed by atoms with Gasteiger partial charge in [0.05, 0.1) is 12.7 Å². The number of aromatic amines is 2. The Balaban J connectivity index is 0.000000161. The van der Waals surface area contributed by atoms with Crippen LogP contribution in [0, 0.1) is 13.8 Å². The number of nitrogens with one attached hydrogen (secondary N) is 2. The maximum absolute atomic E-state index is 11.6. The Bertz CT molecular complexity index is 1240. The van der Waals surface area contributed by atoms with Crippen molar-refractivity contribution in [2.45, 2.75) is 69.2 Å². The number of rotatable bonds is 3. The van der Waals surface area contributed by atoms with Crippen molar-refractivity contribution in [3.63, 3.8) is 0 Å². The van der Waals surface area contributed by atoms with Crippen molar-refractivity contribution >= 4 is 0 Å². The van der Waals surface area contributed by atoms with Crippen LogP contribution in [0.2, 0.25) is 0 Å². The average molecular weight is 482 g/mol. The quantitative estimate of drug-likeness (QED) is 0.257. The topological polar surface area (TPSA) is 209 Å². The standard InChI is InChI=1S/C10H12N2O5.C10H14N2O5/c1-4-3-12(9(15)11-8(4)14)5-2-10(16)6(13)7(10)17-5;1-5-3-12(10(16)11-9(5)15)8-2-6(14)7(4-13)17-8/h3,5-7,13,16H,2H2,1H3,(H,11,14,15);3,6-8,13-14H,2,4H2,1H3,(H,11,15,16)/t5-,6?,7-,10?;6?,7-,8-/m11/s1. The van der Waals surface area contributed by atoms with E-state index in [4.69, 9.17) is 14.6 Å². The van der Waals surface area contributed by atoms with Gasteiger partial charge >= 0.3 is 11.4 Å². The first-order valence-electron chi connectivity index (χ1n) is 10.6. The Morgan fingerprint density at radius 3 is 1.94 bits per heavy atom. The zero-order chi connectivity index (χ0) is 24.9. The second-order valence-corrected chi connectivity index (χ2v) is 8.72. The Morgan fingerprint density at radius 2 is 1.50 bits per heavy atom. The summed E-state index contributed by atoms with van der Waals surface area (Å²) in [7, 11) is 0. The Morgan fingerprint density at radius 1 is 0.971 bits per heavy atom. The highest BCUT2D eigenvalue weighted by Gasteiger charge is 2.71. The normalized spacial score (nSPS) is 33.8. The summed E-state index contributed by atoms with van der Waals surface area (Å²) in [5.41, 5.74) is -2.51. The minimum atomic E-state index is -1.24. The van der Waals surface area contributed by atoms with Gasteiger partial charge in [0.25, 0.3) is 11.1 Å². The number of aliphatic hydroxyl groups is 4. The number of aromatic nitrogens is 4. The van der Waals surface area contributed by atoms with Gasteiger partial charge in [0.15, 0.2) is 0 Å². The van der Waals surface area contributed by atoms with Gasteiger partial charge in [-0.05, 0) is 13.8 Å². The van der Waals surface area contributed by atoms with Crippen LogP contribution in [0.25, 0.3) is 0 Å². The van der Waals surface area contributed by atoms with E-state index in [1.165, 1.54) is 21.5 Å². The third-order valence-corrected chi connectivity index (χ3v) is 6.28. The lowest BCUT2D eigenvalue weighted by atomic mass is 10.2. The van der Waals surface area contributed by atoms with Gasteiger partial charge in [0, 0.05) is 36.4 Å². The number of fused-ring (bicyclic) bond motifs is 1. The number of hydrogen-bond acceptors (Lipinski definition) is 10. The van der Waals surface area contributed by atoms with Gasteiger partial charge < -0.3 is 29.9 Å². The summed E-state index contributed by atoms with van der Waals surface area (Å²) < 4.78 is 13.1. The summed E-state index contributed by atoms with van der Waals surface area (Å²) in [5, 5.41) is 37.6. The maximum Gasteiger partial charge on any atom is 0.330 e. The molecule has 0 radical (unpaired) electrons. The fraction of sp³-hybridized carbons (Fsp3) is 0.600. The van der Waals surface area contributed by atoms with Crippen LogP contribution in [0.4, 0.5) is 0 Å². The number of nitrogens with zero attached hydrogens (tertiary/aromatic N) is 2. The van der Waals surface area contributed by atoms with E-state index in [9.17, 15) is 34.5 Å². The van der Waals surface area contributed by atoms with Crippen molar-refractivity contribution in [1.82, 2.24) is 19.1 Å². The first-order chi connectivity index (χ1) is 16.0. The molecule has 5 rings (SSSR count). The molecule has 0 aromatic carbocycles. The van der Waals surface area contributed by atoms with Crippen molar-refractivity contribution in [3.05, 3.63) is 65.2 Å². The van der Waals surface area contributed by atoms with Gasteiger partial charge in [0.2, 0.25) is 0 Å². The van der Waals surface area contributed by atoms with Gasteiger partial charge in [-0.1, -0.05) is 0 Å². The van der Waals surface area contributed by atoms with Gasteiger partial charge in [-0.2, -0.15) is 0 Å². The predicted octanol–water partition coefficient (Wildman–Crippen LogP) is -3.28. The van der Waals surface area contributed by atoms with Crippen LogP contribution in [0.3, 0.4) is 0 Å². The first-order valence-corrected chi connectivity index (χ1v) is 10.6. The highest BCUT2D eigenvalue weighted by Crippen LogP contribution is 2.52. The largest absolute Gasteiger partial charge is 0.394 e. The van der Waals surface area contributed by atoms with E-state index in [1.54, 1.807) is 13.8 Å². The van der Waals surface area contributed by atoms with Gasteiger partial charge in [-0.3, -0.25) is 28.7 Å². The van der Waals surface area contributed by atoms with Gasteiger partial charge in [-0.15, -0.1) is 0 Å². The Kier molecular flexibility index (Phi) is 6.22. The van der Waals surface area contributed by atoms with E-state index in [0.29, 0.717) is 11.1 Å². The number of aliphatic hydroxyl groups excluding tert-OH is 3. The highest BCUT2D eigenvalue weighted by atomic mass is 16.6. The molecule has 2 aromatic heterocycles. The number of aryl methyl sites for hydroxylation is 2. The van der Waals surface area contributed by atoms with E-state index >= 15 is 0 Å². The van der Waals surface area contributed by atoms with Crippen LogP contribution in [0.1, 0.15) is 36.4 Å². The molecule has 3 fully saturated rings. The molecule has 14 nitrogen and oxygen atoms in total. The lowest BCUT2D eigenvalue weighted by molar-refractivity contribution is -0.0459.